The second-order valence-corrected chi connectivity index (χ2v) is 7.33. The van der Waals surface area contributed by atoms with Crippen molar-refractivity contribution in [3.8, 4) is 11.5 Å². The lowest BCUT2D eigenvalue weighted by Crippen LogP contribution is -2.46. The van der Waals surface area contributed by atoms with Crippen LogP contribution in [0, 0.1) is 0 Å². The summed E-state index contributed by atoms with van der Waals surface area (Å²) in [6.45, 7) is 4.83. The topological polar surface area (TPSA) is 24.9 Å². The van der Waals surface area contributed by atoms with E-state index in [1.54, 1.807) is 14.2 Å². The van der Waals surface area contributed by atoms with Crippen molar-refractivity contribution >= 4 is 33.2 Å². The number of hydrogen-bond acceptors (Lipinski definition) is 4. The molecule has 1 aliphatic heterocycles. The highest BCUT2D eigenvalue weighted by Crippen LogP contribution is 2.33. The van der Waals surface area contributed by atoms with Gasteiger partial charge in [0.25, 0.3) is 0 Å². The van der Waals surface area contributed by atoms with Crippen molar-refractivity contribution in [2.75, 3.05) is 45.3 Å². The normalized spacial score (nSPS) is 15.3. The van der Waals surface area contributed by atoms with E-state index in [1.807, 2.05) is 24.3 Å². The molecule has 0 atom stereocenters. The fraction of sp³-hybridized carbons (Fsp3) is 0.368. The van der Waals surface area contributed by atoms with Crippen LogP contribution in [0.25, 0.3) is 0 Å². The summed E-state index contributed by atoms with van der Waals surface area (Å²) in [6.07, 6.45) is 0. The predicted octanol–water partition coefficient (Wildman–Crippen LogP) is 4.44. The van der Waals surface area contributed by atoms with Crippen LogP contribution in [-0.2, 0) is 6.54 Å². The third-order valence-electron chi connectivity index (χ3n) is 4.49. The number of rotatable bonds is 5. The molecule has 1 heterocycles. The largest absolute Gasteiger partial charge is 0.496 e. The smallest absolute Gasteiger partial charge is 0.136 e. The molecule has 1 saturated heterocycles. The van der Waals surface area contributed by atoms with Gasteiger partial charge in [0, 0.05) is 55.1 Å². The maximum Gasteiger partial charge on any atom is 0.136 e. The van der Waals surface area contributed by atoms with E-state index >= 15 is 0 Å². The fourth-order valence-corrected chi connectivity index (χ4v) is 3.86. The SMILES string of the molecule is COc1cc(OC)c(CN2CCN(c3cccc(Cl)c3)CC2)cc1Br. The van der Waals surface area contributed by atoms with Gasteiger partial charge < -0.3 is 14.4 Å². The summed E-state index contributed by atoms with van der Waals surface area (Å²) in [5, 5.41) is 0.785. The summed E-state index contributed by atoms with van der Waals surface area (Å²) >= 11 is 9.67. The maximum atomic E-state index is 6.11. The van der Waals surface area contributed by atoms with Gasteiger partial charge in [0.05, 0.1) is 18.7 Å². The van der Waals surface area contributed by atoms with E-state index in [4.69, 9.17) is 21.1 Å². The van der Waals surface area contributed by atoms with Crippen LogP contribution in [0.4, 0.5) is 5.69 Å². The number of methoxy groups -OCH3 is 2. The number of nitrogens with zero attached hydrogens (tertiary/aromatic N) is 2. The molecule has 4 nitrogen and oxygen atoms in total. The zero-order valence-corrected chi connectivity index (χ0v) is 16.8. The molecule has 0 bridgehead atoms. The number of piperazine rings is 1. The van der Waals surface area contributed by atoms with Gasteiger partial charge in [-0.1, -0.05) is 17.7 Å². The molecule has 0 amide bonds. The Bertz CT molecular complexity index is 733. The molecule has 0 aliphatic carbocycles. The Morgan fingerprint density at radius 1 is 1.00 bits per heavy atom. The van der Waals surface area contributed by atoms with E-state index in [0.29, 0.717) is 0 Å². The molecule has 0 unspecified atom stereocenters. The van der Waals surface area contributed by atoms with Crippen LogP contribution >= 0.6 is 27.5 Å². The van der Waals surface area contributed by atoms with E-state index in [2.05, 4.69) is 37.9 Å². The summed E-state index contributed by atoms with van der Waals surface area (Å²) in [4.78, 5) is 4.82. The number of halogens is 2. The summed E-state index contributed by atoms with van der Waals surface area (Å²) in [7, 11) is 3.36. The molecule has 0 saturated carbocycles. The van der Waals surface area contributed by atoms with Crippen LogP contribution in [-0.4, -0.2) is 45.3 Å². The van der Waals surface area contributed by atoms with Crippen LogP contribution in [0.15, 0.2) is 40.9 Å². The molecule has 1 fully saturated rings. The average molecular weight is 426 g/mol. The highest BCUT2D eigenvalue weighted by Gasteiger charge is 2.19. The second kappa shape index (κ2) is 8.30. The lowest BCUT2D eigenvalue weighted by molar-refractivity contribution is 0.246. The third-order valence-corrected chi connectivity index (χ3v) is 5.35. The molecule has 134 valence electrons. The first-order valence-electron chi connectivity index (χ1n) is 8.24. The third kappa shape index (κ3) is 4.40. The first-order chi connectivity index (χ1) is 12.1. The van der Waals surface area contributed by atoms with Crippen molar-refractivity contribution in [3.63, 3.8) is 0 Å². The molecule has 2 aromatic carbocycles. The highest BCUT2D eigenvalue weighted by molar-refractivity contribution is 9.10. The first kappa shape index (κ1) is 18.4. The maximum absolute atomic E-state index is 6.11. The van der Waals surface area contributed by atoms with Crippen LogP contribution in [0.1, 0.15) is 5.56 Å². The number of hydrogen-bond donors (Lipinski definition) is 0. The molecule has 3 rings (SSSR count). The van der Waals surface area contributed by atoms with Gasteiger partial charge in [0.2, 0.25) is 0 Å². The lowest BCUT2D eigenvalue weighted by Gasteiger charge is -2.36. The van der Waals surface area contributed by atoms with E-state index in [-0.39, 0.29) is 0 Å². The zero-order valence-electron chi connectivity index (χ0n) is 14.5. The van der Waals surface area contributed by atoms with Gasteiger partial charge in [0.15, 0.2) is 0 Å². The summed E-state index contributed by atoms with van der Waals surface area (Å²) in [5.41, 5.74) is 2.35. The molecular weight excluding hydrogens is 404 g/mol. The first-order valence-corrected chi connectivity index (χ1v) is 9.41. The van der Waals surface area contributed by atoms with Gasteiger partial charge in [-0.15, -0.1) is 0 Å². The van der Waals surface area contributed by atoms with Crippen molar-refractivity contribution in [2.45, 2.75) is 6.54 Å². The molecule has 0 radical (unpaired) electrons. The quantitative estimate of drug-likeness (QED) is 0.707. The van der Waals surface area contributed by atoms with E-state index in [1.165, 1.54) is 5.69 Å². The Balaban J connectivity index is 1.65. The van der Waals surface area contributed by atoms with Crippen molar-refractivity contribution < 1.29 is 9.47 Å². The molecule has 2 aromatic rings. The minimum absolute atomic E-state index is 0.784. The van der Waals surface area contributed by atoms with Crippen molar-refractivity contribution in [2.24, 2.45) is 0 Å². The predicted molar refractivity (Wildman–Crippen MR) is 106 cm³/mol. The second-order valence-electron chi connectivity index (χ2n) is 6.04. The number of ether oxygens (including phenoxy) is 2. The molecule has 0 aromatic heterocycles. The average Bonchev–Trinajstić information content (AvgIpc) is 2.62. The molecule has 0 N–H and O–H groups in total. The minimum atomic E-state index is 0.784. The van der Waals surface area contributed by atoms with Crippen molar-refractivity contribution in [3.05, 3.63) is 51.5 Å². The summed E-state index contributed by atoms with van der Waals surface area (Å²) in [6, 6.07) is 12.1. The van der Waals surface area contributed by atoms with Crippen molar-refractivity contribution in [1.82, 2.24) is 4.90 Å². The lowest BCUT2D eigenvalue weighted by atomic mass is 10.1. The van der Waals surface area contributed by atoms with Crippen molar-refractivity contribution in [1.29, 1.82) is 0 Å². The van der Waals surface area contributed by atoms with Crippen LogP contribution in [0.5, 0.6) is 11.5 Å². The van der Waals surface area contributed by atoms with Gasteiger partial charge >= 0.3 is 0 Å². The standard InChI is InChI=1S/C19H22BrClN2O2/c1-24-18-12-19(25-2)17(20)10-14(18)13-22-6-8-23(9-7-22)16-5-3-4-15(21)11-16/h3-5,10-12H,6-9,13H2,1-2H3. The van der Waals surface area contributed by atoms with Crippen LogP contribution in [0.2, 0.25) is 5.02 Å². The van der Waals surface area contributed by atoms with Gasteiger partial charge in [0.1, 0.15) is 11.5 Å². The molecule has 1 aliphatic rings. The van der Waals surface area contributed by atoms with Gasteiger partial charge in [-0.25, -0.2) is 0 Å². The van der Waals surface area contributed by atoms with Crippen LogP contribution in [0.3, 0.4) is 0 Å². The molecule has 6 heteroatoms. The number of anilines is 1. The Hall–Kier alpha value is -1.43. The zero-order chi connectivity index (χ0) is 17.8. The highest BCUT2D eigenvalue weighted by atomic mass is 79.9. The monoisotopic (exact) mass is 424 g/mol. The number of benzene rings is 2. The van der Waals surface area contributed by atoms with E-state index in [9.17, 15) is 0 Å². The van der Waals surface area contributed by atoms with E-state index in [0.717, 1.165) is 59.3 Å². The molecule has 25 heavy (non-hydrogen) atoms. The Labute approximate surface area is 162 Å². The fourth-order valence-electron chi connectivity index (χ4n) is 3.12. The van der Waals surface area contributed by atoms with Gasteiger partial charge in [-0.05, 0) is 40.2 Å². The molecular formula is C19H22BrClN2O2. The minimum Gasteiger partial charge on any atom is -0.496 e. The summed E-state index contributed by atoms with van der Waals surface area (Å²) in [5.74, 6) is 1.64. The van der Waals surface area contributed by atoms with Gasteiger partial charge in [-0.2, -0.15) is 0 Å². The summed E-state index contributed by atoms with van der Waals surface area (Å²) < 4.78 is 11.8. The Morgan fingerprint density at radius 3 is 2.36 bits per heavy atom. The van der Waals surface area contributed by atoms with E-state index < -0.39 is 0 Å². The molecule has 0 spiro atoms. The Morgan fingerprint density at radius 2 is 1.72 bits per heavy atom. The Kier molecular flexibility index (Phi) is 6.10. The van der Waals surface area contributed by atoms with Crippen LogP contribution < -0.4 is 14.4 Å². The van der Waals surface area contributed by atoms with Gasteiger partial charge in [-0.3, -0.25) is 4.90 Å².